The predicted molar refractivity (Wildman–Crippen MR) is 108 cm³/mol. The number of anilines is 1. The number of alkyl halides is 3. The lowest BCUT2D eigenvalue weighted by Gasteiger charge is -2.37. The highest BCUT2D eigenvalue weighted by Crippen LogP contribution is 2.36. The lowest BCUT2D eigenvalue weighted by atomic mass is 10.1. The summed E-state index contributed by atoms with van der Waals surface area (Å²) in [6, 6.07) is 12.8. The number of carbonyl (C=O) groups excluding carboxylic acids is 1. The van der Waals surface area contributed by atoms with Gasteiger partial charge in [0.1, 0.15) is 11.5 Å². The average Bonchev–Trinajstić information content (AvgIpc) is 3.15. The zero-order valence-electron chi connectivity index (χ0n) is 16.7. The van der Waals surface area contributed by atoms with Crippen molar-refractivity contribution in [1.82, 2.24) is 14.7 Å². The molecule has 0 spiro atoms. The van der Waals surface area contributed by atoms with Crippen molar-refractivity contribution < 1.29 is 22.4 Å². The summed E-state index contributed by atoms with van der Waals surface area (Å²) in [5, 5.41) is 4.34. The lowest BCUT2D eigenvalue weighted by Crippen LogP contribution is -2.49. The molecule has 4 rings (SSSR count). The Hall–Kier alpha value is -3.36. The molecule has 5 nitrogen and oxygen atoms in total. The first-order chi connectivity index (χ1) is 14.7. The highest BCUT2D eigenvalue weighted by molar-refractivity contribution is 5.93. The van der Waals surface area contributed by atoms with Crippen LogP contribution in [0.5, 0.6) is 0 Å². The van der Waals surface area contributed by atoms with Crippen molar-refractivity contribution in [2.24, 2.45) is 0 Å². The molecular formula is C22H20F4N4O. The van der Waals surface area contributed by atoms with Gasteiger partial charge in [-0.05, 0) is 49.4 Å². The maximum atomic E-state index is 13.3. The Labute approximate surface area is 176 Å². The number of carbonyl (C=O) groups is 1. The second kappa shape index (κ2) is 8.05. The van der Waals surface area contributed by atoms with E-state index in [4.69, 9.17) is 0 Å². The van der Waals surface area contributed by atoms with E-state index in [2.05, 4.69) is 5.10 Å². The van der Waals surface area contributed by atoms with Gasteiger partial charge >= 0.3 is 6.18 Å². The van der Waals surface area contributed by atoms with Crippen LogP contribution in [0.1, 0.15) is 21.7 Å². The average molecular weight is 432 g/mol. The molecule has 0 radical (unpaired) electrons. The molecule has 2 heterocycles. The number of nitrogens with zero attached hydrogens (tertiary/aromatic N) is 4. The minimum absolute atomic E-state index is 0.120. The number of aryl methyl sites for hydroxylation is 1. The van der Waals surface area contributed by atoms with Gasteiger partial charge in [-0.25, -0.2) is 9.07 Å². The topological polar surface area (TPSA) is 41.4 Å². The van der Waals surface area contributed by atoms with Crippen molar-refractivity contribution in [3.8, 4) is 5.69 Å². The minimum Gasteiger partial charge on any atom is -0.367 e. The lowest BCUT2D eigenvalue weighted by molar-refractivity contribution is -0.137. The van der Waals surface area contributed by atoms with Gasteiger partial charge in [0.05, 0.1) is 16.9 Å². The summed E-state index contributed by atoms with van der Waals surface area (Å²) in [7, 11) is 0. The molecule has 0 bridgehead atoms. The molecule has 0 atom stereocenters. The number of benzene rings is 2. The number of piperazine rings is 1. The van der Waals surface area contributed by atoms with Crippen LogP contribution in [0.15, 0.2) is 54.6 Å². The van der Waals surface area contributed by atoms with E-state index in [9.17, 15) is 22.4 Å². The van der Waals surface area contributed by atoms with Gasteiger partial charge in [0, 0.05) is 31.9 Å². The Morgan fingerprint density at radius 1 is 0.968 bits per heavy atom. The second-order valence-corrected chi connectivity index (χ2v) is 7.35. The van der Waals surface area contributed by atoms with Gasteiger partial charge in [0.2, 0.25) is 0 Å². The fourth-order valence-electron chi connectivity index (χ4n) is 3.73. The van der Waals surface area contributed by atoms with Gasteiger partial charge in [-0.2, -0.15) is 18.3 Å². The quantitative estimate of drug-likeness (QED) is 0.580. The van der Waals surface area contributed by atoms with Crippen molar-refractivity contribution in [1.29, 1.82) is 0 Å². The van der Waals surface area contributed by atoms with Gasteiger partial charge in [-0.1, -0.05) is 12.1 Å². The normalized spacial score (nSPS) is 14.7. The van der Waals surface area contributed by atoms with Crippen LogP contribution in [-0.2, 0) is 6.18 Å². The fraction of sp³-hybridized carbons (Fsp3) is 0.273. The molecule has 0 unspecified atom stereocenters. The maximum absolute atomic E-state index is 13.3. The van der Waals surface area contributed by atoms with Crippen LogP contribution < -0.4 is 4.90 Å². The molecular weight excluding hydrogens is 412 g/mol. The highest BCUT2D eigenvalue weighted by Gasteiger charge is 2.35. The molecule has 0 aliphatic carbocycles. The number of rotatable bonds is 3. The molecule has 1 aliphatic heterocycles. The highest BCUT2D eigenvalue weighted by atomic mass is 19.4. The Morgan fingerprint density at radius 2 is 1.61 bits per heavy atom. The Balaban J connectivity index is 1.52. The third-order valence-corrected chi connectivity index (χ3v) is 5.24. The molecule has 3 aromatic rings. The van der Waals surface area contributed by atoms with Crippen molar-refractivity contribution >= 4 is 11.6 Å². The van der Waals surface area contributed by atoms with Gasteiger partial charge in [-0.3, -0.25) is 4.79 Å². The van der Waals surface area contributed by atoms with E-state index in [1.165, 1.54) is 41.1 Å². The standard InChI is InChI=1S/C22H20F4N4O/c1-15-14-20(30(27-15)17-8-6-16(23)7-9-17)21(31)29-12-10-28(11-13-29)19-5-3-2-4-18(19)22(24,25)26/h2-9,14H,10-13H2,1H3. The molecule has 9 heteroatoms. The van der Waals surface area contributed by atoms with Crippen LogP contribution in [0.3, 0.4) is 0 Å². The van der Waals surface area contributed by atoms with Gasteiger partial charge < -0.3 is 9.80 Å². The SMILES string of the molecule is Cc1cc(C(=O)N2CCN(c3ccccc3C(F)(F)F)CC2)n(-c2ccc(F)cc2)n1. The van der Waals surface area contributed by atoms with Crippen molar-refractivity contribution in [3.05, 3.63) is 77.4 Å². The minimum atomic E-state index is -4.44. The van der Waals surface area contributed by atoms with E-state index in [0.29, 0.717) is 17.1 Å². The Bertz CT molecular complexity index is 1080. The first-order valence-electron chi connectivity index (χ1n) is 9.77. The van der Waals surface area contributed by atoms with Gasteiger partial charge in [0.15, 0.2) is 0 Å². The van der Waals surface area contributed by atoms with E-state index < -0.39 is 17.6 Å². The van der Waals surface area contributed by atoms with Crippen LogP contribution >= 0.6 is 0 Å². The van der Waals surface area contributed by atoms with Crippen molar-refractivity contribution in [2.45, 2.75) is 13.1 Å². The summed E-state index contributed by atoms with van der Waals surface area (Å²) in [6.07, 6.45) is -4.44. The van der Waals surface area contributed by atoms with Crippen LogP contribution in [0, 0.1) is 12.7 Å². The number of para-hydroxylation sites is 1. The monoisotopic (exact) mass is 432 g/mol. The summed E-state index contributed by atoms with van der Waals surface area (Å²) in [4.78, 5) is 16.4. The Kier molecular flexibility index (Phi) is 5.43. The molecule has 162 valence electrons. The molecule has 31 heavy (non-hydrogen) atoms. The molecule has 1 amide bonds. The predicted octanol–water partition coefficient (Wildman–Crippen LogP) is 4.30. The molecule has 1 fully saturated rings. The smallest absolute Gasteiger partial charge is 0.367 e. The van der Waals surface area contributed by atoms with Gasteiger partial charge in [-0.15, -0.1) is 0 Å². The largest absolute Gasteiger partial charge is 0.418 e. The number of aromatic nitrogens is 2. The summed E-state index contributed by atoms with van der Waals surface area (Å²) in [5.74, 6) is -0.663. The molecule has 1 aromatic heterocycles. The number of amides is 1. The van der Waals surface area contributed by atoms with Gasteiger partial charge in [0.25, 0.3) is 5.91 Å². The van der Waals surface area contributed by atoms with E-state index in [0.717, 1.165) is 6.07 Å². The van der Waals surface area contributed by atoms with Crippen molar-refractivity contribution in [3.63, 3.8) is 0 Å². The van der Waals surface area contributed by atoms with Crippen LogP contribution in [0.2, 0.25) is 0 Å². The summed E-state index contributed by atoms with van der Waals surface area (Å²) >= 11 is 0. The Morgan fingerprint density at radius 3 is 2.26 bits per heavy atom. The van der Waals surface area contributed by atoms with E-state index in [1.807, 2.05) is 0 Å². The van der Waals surface area contributed by atoms with Crippen LogP contribution in [0.25, 0.3) is 5.69 Å². The fourth-order valence-corrected chi connectivity index (χ4v) is 3.73. The third-order valence-electron chi connectivity index (χ3n) is 5.24. The maximum Gasteiger partial charge on any atom is 0.418 e. The second-order valence-electron chi connectivity index (χ2n) is 7.35. The third kappa shape index (κ3) is 4.26. The molecule has 2 aromatic carbocycles. The summed E-state index contributed by atoms with van der Waals surface area (Å²) in [6.45, 7) is 2.87. The zero-order chi connectivity index (χ0) is 22.2. The molecule has 0 saturated carbocycles. The first-order valence-corrected chi connectivity index (χ1v) is 9.77. The summed E-state index contributed by atoms with van der Waals surface area (Å²) < 4.78 is 54.7. The molecule has 0 N–H and O–H groups in total. The summed E-state index contributed by atoms with van der Waals surface area (Å²) in [5.41, 5.74) is 0.948. The zero-order valence-corrected chi connectivity index (χ0v) is 16.7. The number of hydrogen-bond acceptors (Lipinski definition) is 3. The van der Waals surface area contributed by atoms with Crippen LogP contribution in [-0.4, -0.2) is 46.8 Å². The molecule has 1 saturated heterocycles. The van der Waals surface area contributed by atoms with E-state index >= 15 is 0 Å². The number of halogens is 4. The van der Waals surface area contributed by atoms with E-state index in [1.54, 1.807) is 28.9 Å². The first kappa shape index (κ1) is 20.9. The number of hydrogen-bond donors (Lipinski definition) is 0. The van der Waals surface area contributed by atoms with E-state index in [-0.39, 0.29) is 37.8 Å². The van der Waals surface area contributed by atoms with Crippen LogP contribution in [0.4, 0.5) is 23.2 Å². The van der Waals surface area contributed by atoms with Crippen molar-refractivity contribution in [2.75, 3.05) is 31.1 Å². The molecule has 1 aliphatic rings.